The molecule has 0 unspecified atom stereocenters. The molecule has 1 atom stereocenters. The van der Waals surface area contributed by atoms with Crippen LogP contribution in [0.4, 0.5) is 5.69 Å². The summed E-state index contributed by atoms with van der Waals surface area (Å²) in [5.41, 5.74) is 3.45. The van der Waals surface area contributed by atoms with Crippen molar-refractivity contribution >= 4 is 11.6 Å². The molecule has 2 aliphatic heterocycles. The highest BCUT2D eigenvalue weighted by Crippen LogP contribution is 2.36. The van der Waals surface area contributed by atoms with E-state index in [-0.39, 0.29) is 12.0 Å². The number of carbonyl (C=O) groups excluding carboxylic acids is 1. The quantitative estimate of drug-likeness (QED) is 0.798. The molecule has 1 saturated heterocycles. The molecule has 0 bridgehead atoms. The van der Waals surface area contributed by atoms with Crippen LogP contribution in [-0.4, -0.2) is 49.8 Å². The van der Waals surface area contributed by atoms with Gasteiger partial charge >= 0.3 is 0 Å². The Bertz CT molecular complexity index is 809. The monoisotopic (exact) mass is 380 g/mol. The highest BCUT2D eigenvalue weighted by molar-refractivity contribution is 5.94. The van der Waals surface area contributed by atoms with E-state index in [1.807, 2.05) is 23.1 Å². The number of hydrogen-bond donors (Lipinski definition) is 0. The fraction of sp³-hybridized carbons (Fsp3) is 0.435. The summed E-state index contributed by atoms with van der Waals surface area (Å²) in [6.07, 6.45) is 2.01. The van der Waals surface area contributed by atoms with Crippen LogP contribution in [0.25, 0.3) is 0 Å². The third-order valence-electron chi connectivity index (χ3n) is 5.46. The fourth-order valence-electron chi connectivity index (χ4n) is 4.10. The number of amides is 1. The maximum Gasteiger partial charge on any atom is 0.223 e. The summed E-state index contributed by atoms with van der Waals surface area (Å²) in [6.45, 7) is 6.30. The van der Waals surface area contributed by atoms with Gasteiger partial charge in [-0.3, -0.25) is 9.69 Å². The van der Waals surface area contributed by atoms with E-state index >= 15 is 0 Å². The minimum atomic E-state index is 0.0303. The first-order valence-corrected chi connectivity index (χ1v) is 10.1. The highest BCUT2D eigenvalue weighted by atomic mass is 16.5. The van der Waals surface area contributed by atoms with Gasteiger partial charge in [-0.15, -0.1) is 0 Å². The molecule has 1 fully saturated rings. The molecule has 2 aliphatic rings. The summed E-state index contributed by atoms with van der Waals surface area (Å²) >= 11 is 0. The molecular weight excluding hydrogens is 352 g/mol. The van der Waals surface area contributed by atoms with Crippen LogP contribution in [-0.2, 0) is 22.5 Å². The molecule has 1 amide bonds. The minimum Gasteiger partial charge on any atom is -0.489 e. The van der Waals surface area contributed by atoms with Gasteiger partial charge in [0.15, 0.2) is 0 Å². The van der Waals surface area contributed by atoms with Crippen molar-refractivity contribution in [1.82, 2.24) is 4.90 Å². The van der Waals surface area contributed by atoms with E-state index in [0.717, 1.165) is 50.5 Å². The van der Waals surface area contributed by atoms with E-state index in [0.29, 0.717) is 13.2 Å². The number of nitrogens with zero attached hydrogens (tertiary/aromatic N) is 2. The van der Waals surface area contributed by atoms with Gasteiger partial charge in [0, 0.05) is 33.1 Å². The second-order valence-corrected chi connectivity index (χ2v) is 7.56. The first-order chi connectivity index (χ1) is 13.7. The molecule has 0 radical (unpaired) electrons. The summed E-state index contributed by atoms with van der Waals surface area (Å²) in [5.74, 6) is 0.858. The third kappa shape index (κ3) is 4.37. The van der Waals surface area contributed by atoms with Gasteiger partial charge in [-0.2, -0.15) is 0 Å². The van der Waals surface area contributed by atoms with E-state index in [2.05, 4.69) is 35.2 Å². The Morgan fingerprint density at radius 2 is 2.00 bits per heavy atom. The van der Waals surface area contributed by atoms with Crippen molar-refractivity contribution in [2.45, 2.75) is 32.4 Å². The lowest BCUT2D eigenvalue weighted by atomic mass is 10.0. The average Bonchev–Trinajstić information content (AvgIpc) is 2.72. The van der Waals surface area contributed by atoms with Gasteiger partial charge in [-0.05, 0) is 30.0 Å². The van der Waals surface area contributed by atoms with Gasteiger partial charge in [0.2, 0.25) is 5.91 Å². The topological polar surface area (TPSA) is 42.0 Å². The third-order valence-corrected chi connectivity index (χ3v) is 5.46. The lowest BCUT2D eigenvalue weighted by molar-refractivity contribution is -0.116. The minimum absolute atomic E-state index is 0.0303. The van der Waals surface area contributed by atoms with Gasteiger partial charge < -0.3 is 14.4 Å². The Hall–Kier alpha value is -2.37. The second kappa shape index (κ2) is 8.76. The van der Waals surface area contributed by atoms with Gasteiger partial charge in [0.05, 0.1) is 12.3 Å². The number of carbonyl (C=O) groups is 1. The number of anilines is 1. The molecule has 2 aromatic carbocycles. The van der Waals surface area contributed by atoms with Crippen LogP contribution >= 0.6 is 0 Å². The molecule has 4 rings (SSSR count). The van der Waals surface area contributed by atoms with Crippen LogP contribution in [0.2, 0.25) is 0 Å². The Morgan fingerprint density at radius 3 is 2.82 bits per heavy atom. The number of morpholine rings is 1. The first-order valence-electron chi connectivity index (χ1n) is 10.1. The van der Waals surface area contributed by atoms with Crippen LogP contribution in [0, 0.1) is 0 Å². The molecule has 0 saturated carbocycles. The van der Waals surface area contributed by atoms with Gasteiger partial charge in [-0.25, -0.2) is 0 Å². The molecule has 0 N–H and O–H groups in total. The van der Waals surface area contributed by atoms with Crippen LogP contribution < -0.4 is 9.64 Å². The molecule has 2 aromatic rings. The lowest BCUT2D eigenvalue weighted by Crippen LogP contribution is -2.44. The number of ether oxygens (including phenoxy) is 2. The molecule has 0 aromatic heterocycles. The number of fused-ring (bicyclic) bond motifs is 1. The maximum absolute atomic E-state index is 12.1. The van der Waals surface area contributed by atoms with Gasteiger partial charge in [0.1, 0.15) is 18.5 Å². The molecule has 2 heterocycles. The van der Waals surface area contributed by atoms with Crippen LogP contribution in [0.1, 0.15) is 24.5 Å². The predicted molar refractivity (Wildman–Crippen MR) is 110 cm³/mol. The smallest absolute Gasteiger partial charge is 0.223 e. The maximum atomic E-state index is 12.1. The van der Waals surface area contributed by atoms with E-state index in [1.54, 1.807) is 6.92 Å². The zero-order valence-corrected chi connectivity index (χ0v) is 16.5. The predicted octanol–water partition coefficient (Wildman–Crippen LogP) is 3.27. The molecule has 5 heteroatoms. The summed E-state index contributed by atoms with van der Waals surface area (Å²) < 4.78 is 12.1. The number of hydrogen-bond acceptors (Lipinski definition) is 4. The number of para-hydroxylation sites is 1. The van der Waals surface area contributed by atoms with E-state index in [4.69, 9.17) is 9.47 Å². The molecule has 0 spiro atoms. The normalized spacial score (nSPS) is 19.9. The van der Waals surface area contributed by atoms with Crippen LogP contribution in [0.3, 0.4) is 0 Å². The summed E-state index contributed by atoms with van der Waals surface area (Å²) in [4.78, 5) is 16.3. The van der Waals surface area contributed by atoms with Crippen molar-refractivity contribution in [1.29, 1.82) is 0 Å². The molecule has 5 nitrogen and oxygen atoms in total. The van der Waals surface area contributed by atoms with Crippen molar-refractivity contribution in [3.05, 3.63) is 59.7 Å². The summed E-state index contributed by atoms with van der Waals surface area (Å²) in [7, 11) is 0. The average molecular weight is 380 g/mol. The number of aryl methyl sites for hydroxylation is 1. The standard InChI is InChI=1S/C23H28N2O3/c1-18(26)25-12-6-10-20-9-5-11-22(23(20)25)28-17-21-16-24(13-14-27-21)15-19-7-3-2-4-8-19/h2-5,7-9,11,21H,6,10,12-17H2,1H3/t21-/m1/s1. The van der Waals surface area contributed by atoms with E-state index in [1.165, 1.54) is 11.1 Å². The fourth-order valence-corrected chi connectivity index (χ4v) is 4.10. The Kier molecular flexibility index (Phi) is 5.93. The summed E-state index contributed by atoms with van der Waals surface area (Å²) in [5, 5.41) is 0. The molecule has 148 valence electrons. The Morgan fingerprint density at radius 1 is 1.14 bits per heavy atom. The van der Waals surface area contributed by atoms with Crippen molar-refractivity contribution in [3.63, 3.8) is 0 Å². The van der Waals surface area contributed by atoms with Crippen LogP contribution in [0.15, 0.2) is 48.5 Å². The molecule has 28 heavy (non-hydrogen) atoms. The van der Waals surface area contributed by atoms with Crippen molar-refractivity contribution < 1.29 is 14.3 Å². The zero-order valence-electron chi connectivity index (χ0n) is 16.5. The zero-order chi connectivity index (χ0) is 19.3. The summed E-state index contributed by atoms with van der Waals surface area (Å²) in [6, 6.07) is 16.6. The SMILES string of the molecule is CC(=O)N1CCCc2cccc(OC[C@H]3CN(Cc4ccccc4)CCO3)c21. The largest absolute Gasteiger partial charge is 0.489 e. The highest BCUT2D eigenvalue weighted by Gasteiger charge is 2.26. The molecular formula is C23H28N2O3. The van der Waals surface area contributed by atoms with Crippen molar-refractivity contribution in [3.8, 4) is 5.75 Å². The van der Waals surface area contributed by atoms with Crippen molar-refractivity contribution in [2.75, 3.05) is 37.7 Å². The van der Waals surface area contributed by atoms with Crippen molar-refractivity contribution in [2.24, 2.45) is 0 Å². The van der Waals surface area contributed by atoms with E-state index in [9.17, 15) is 4.79 Å². The lowest BCUT2D eigenvalue weighted by Gasteiger charge is -2.34. The number of rotatable bonds is 5. The Balaban J connectivity index is 1.40. The van der Waals surface area contributed by atoms with E-state index < -0.39 is 0 Å². The first kappa shape index (κ1) is 19.0. The van der Waals surface area contributed by atoms with Gasteiger partial charge in [0.25, 0.3) is 0 Å². The van der Waals surface area contributed by atoms with Gasteiger partial charge in [-0.1, -0.05) is 42.5 Å². The molecule has 0 aliphatic carbocycles. The number of benzene rings is 2. The second-order valence-electron chi connectivity index (χ2n) is 7.56. The van der Waals surface area contributed by atoms with Crippen LogP contribution in [0.5, 0.6) is 5.75 Å². The Labute approximate surface area is 166 Å².